The summed E-state index contributed by atoms with van der Waals surface area (Å²) in [5.41, 5.74) is 1.59. The van der Waals surface area contributed by atoms with Gasteiger partial charge in [0.25, 0.3) is 5.91 Å². The Labute approximate surface area is 245 Å². The van der Waals surface area contributed by atoms with Crippen molar-refractivity contribution in [2.75, 3.05) is 33.4 Å². The Morgan fingerprint density at radius 3 is 2.33 bits per heavy atom. The van der Waals surface area contributed by atoms with E-state index in [0.29, 0.717) is 47.8 Å². The fourth-order valence-electron chi connectivity index (χ4n) is 5.43. The van der Waals surface area contributed by atoms with E-state index in [1.165, 1.54) is 12.1 Å². The lowest BCUT2D eigenvalue weighted by atomic mass is 9.93. The molecule has 3 fully saturated rings. The molecule has 0 spiro atoms. The molecule has 1 aliphatic heterocycles. The summed E-state index contributed by atoms with van der Waals surface area (Å²) in [6.07, 6.45) is 5.55. The van der Waals surface area contributed by atoms with Crippen molar-refractivity contribution in [3.8, 4) is 5.75 Å². The molecule has 218 valence electrons. The minimum atomic E-state index is -3.76. The number of carbonyl (C=O) groups excluding carboxylic acids is 1. The summed E-state index contributed by atoms with van der Waals surface area (Å²) in [6.45, 7) is 2.80. The Kier molecular flexibility index (Phi) is 9.27. The summed E-state index contributed by atoms with van der Waals surface area (Å²) in [7, 11) is -2.07. The summed E-state index contributed by atoms with van der Waals surface area (Å²) in [5, 5.41) is 0.662. The number of nitrogens with one attached hydrogen (secondary N) is 1. The second kappa shape index (κ2) is 12.5. The fourth-order valence-corrected chi connectivity index (χ4v) is 7.26. The molecule has 11 heteroatoms. The first-order chi connectivity index (χ1) is 19.1. The highest BCUT2D eigenvalue weighted by molar-refractivity contribution is 7.91. The Balaban J connectivity index is 1.22. The SMILES string of the molecule is COCC[C@@H](c1cc(Cl)cc(Cl)c1)N1CCC(COc2cc(F)c(C(=O)NS(=O)(=O)C3CC3)cc2C2CC2)CC1. The molecule has 0 aromatic heterocycles. The molecule has 1 saturated heterocycles. The van der Waals surface area contributed by atoms with E-state index in [9.17, 15) is 13.2 Å². The third-order valence-corrected chi connectivity index (χ3v) is 10.2. The van der Waals surface area contributed by atoms with Crippen molar-refractivity contribution in [3.63, 3.8) is 0 Å². The molecule has 0 radical (unpaired) electrons. The third kappa shape index (κ3) is 7.29. The van der Waals surface area contributed by atoms with Gasteiger partial charge in [-0.25, -0.2) is 17.5 Å². The molecule has 1 N–H and O–H groups in total. The monoisotopic (exact) mass is 612 g/mol. The van der Waals surface area contributed by atoms with Gasteiger partial charge in [0.15, 0.2) is 0 Å². The zero-order chi connectivity index (χ0) is 28.4. The Bertz CT molecular complexity index is 1320. The van der Waals surface area contributed by atoms with Gasteiger partial charge >= 0.3 is 0 Å². The highest BCUT2D eigenvalue weighted by Crippen LogP contribution is 2.45. The highest BCUT2D eigenvalue weighted by atomic mass is 35.5. The van der Waals surface area contributed by atoms with Gasteiger partial charge < -0.3 is 9.47 Å². The predicted octanol–water partition coefficient (Wildman–Crippen LogP) is 6.10. The van der Waals surface area contributed by atoms with Gasteiger partial charge in [0, 0.05) is 35.9 Å². The summed E-state index contributed by atoms with van der Waals surface area (Å²) in [5.74, 6) is -0.775. The molecule has 1 atom stereocenters. The molecular formula is C29H35Cl2FN2O5S. The van der Waals surface area contributed by atoms with E-state index >= 15 is 4.39 Å². The summed E-state index contributed by atoms with van der Waals surface area (Å²) in [4.78, 5) is 15.0. The number of piperidine rings is 1. The van der Waals surface area contributed by atoms with Gasteiger partial charge in [-0.05, 0) is 105 Å². The quantitative estimate of drug-likeness (QED) is 0.312. The lowest BCUT2D eigenvalue weighted by Gasteiger charge is -2.38. The standard InChI is InChI=1S/C29H35Cl2FN2O5S/c1-38-11-8-27(20-12-21(30)14-22(31)13-20)34-9-6-18(7-10-34)17-39-28-16-26(32)25(15-24(28)19-2-3-19)29(35)33-40(36,37)23-4-5-23/h12-16,18-19,23,27H,2-11,17H2,1H3,(H,33,35)/t27-/m0/s1. The molecule has 0 bridgehead atoms. The number of hydrogen-bond donors (Lipinski definition) is 1. The van der Waals surface area contributed by atoms with Crippen LogP contribution in [0.15, 0.2) is 30.3 Å². The first-order valence-corrected chi connectivity index (χ1v) is 16.2. The number of nitrogens with zero attached hydrogens (tertiary/aromatic N) is 1. The van der Waals surface area contributed by atoms with Crippen LogP contribution in [0.1, 0.15) is 78.4 Å². The zero-order valence-electron chi connectivity index (χ0n) is 22.5. The maximum absolute atomic E-state index is 15.0. The van der Waals surface area contributed by atoms with Gasteiger partial charge in [-0.2, -0.15) is 0 Å². The fraction of sp³-hybridized carbons (Fsp3) is 0.552. The van der Waals surface area contributed by atoms with Crippen molar-refractivity contribution >= 4 is 39.1 Å². The van der Waals surface area contributed by atoms with Gasteiger partial charge in [0.05, 0.1) is 17.4 Å². The third-order valence-electron chi connectivity index (χ3n) is 7.99. The average molecular weight is 614 g/mol. The lowest BCUT2D eigenvalue weighted by Crippen LogP contribution is -2.38. The predicted molar refractivity (Wildman–Crippen MR) is 153 cm³/mol. The van der Waals surface area contributed by atoms with Gasteiger partial charge in [-0.1, -0.05) is 23.2 Å². The number of rotatable bonds is 12. The van der Waals surface area contributed by atoms with Crippen LogP contribution in [-0.4, -0.2) is 57.9 Å². The Morgan fingerprint density at radius 2 is 1.73 bits per heavy atom. The van der Waals surface area contributed by atoms with Crippen LogP contribution in [0.2, 0.25) is 10.0 Å². The zero-order valence-corrected chi connectivity index (χ0v) is 24.8. The van der Waals surface area contributed by atoms with Crippen LogP contribution >= 0.6 is 23.2 Å². The number of amides is 1. The number of hydrogen-bond acceptors (Lipinski definition) is 6. The van der Waals surface area contributed by atoms with Gasteiger partial charge in [-0.15, -0.1) is 0 Å². The van der Waals surface area contributed by atoms with Crippen molar-refractivity contribution in [1.82, 2.24) is 9.62 Å². The Morgan fingerprint density at radius 1 is 1.05 bits per heavy atom. The number of halogens is 3. The second-order valence-electron chi connectivity index (χ2n) is 11.1. The van der Waals surface area contributed by atoms with Crippen molar-refractivity contribution in [1.29, 1.82) is 0 Å². The number of carbonyl (C=O) groups is 1. The van der Waals surface area contributed by atoms with Gasteiger partial charge in [0.1, 0.15) is 11.6 Å². The number of sulfonamides is 1. The van der Waals surface area contributed by atoms with Crippen LogP contribution in [0.25, 0.3) is 0 Å². The van der Waals surface area contributed by atoms with E-state index in [4.69, 9.17) is 32.7 Å². The van der Waals surface area contributed by atoms with Crippen molar-refractivity contribution in [3.05, 3.63) is 62.9 Å². The molecule has 1 amide bonds. The molecular weight excluding hydrogens is 578 g/mol. The maximum Gasteiger partial charge on any atom is 0.267 e. The number of benzene rings is 2. The minimum Gasteiger partial charge on any atom is -0.493 e. The smallest absolute Gasteiger partial charge is 0.267 e. The molecule has 2 aromatic rings. The molecule has 1 heterocycles. The molecule has 40 heavy (non-hydrogen) atoms. The molecule has 7 nitrogen and oxygen atoms in total. The first kappa shape index (κ1) is 29.6. The normalized spacial score (nSPS) is 19.4. The van der Waals surface area contributed by atoms with E-state index in [-0.39, 0.29) is 17.5 Å². The number of likely N-dealkylation sites (tertiary alicyclic amines) is 1. The number of ether oxygens (including phenoxy) is 2. The molecule has 2 saturated carbocycles. The topological polar surface area (TPSA) is 84.9 Å². The van der Waals surface area contributed by atoms with E-state index in [1.54, 1.807) is 13.2 Å². The van der Waals surface area contributed by atoms with Crippen molar-refractivity contribution in [2.24, 2.45) is 5.92 Å². The molecule has 2 aromatic carbocycles. The number of methoxy groups -OCH3 is 1. The van der Waals surface area contributed by atoms with E-state index in [0.717, 1.165) is 56.3 Å². The van der Waals surface area contributed by atoms with Gasteiger partial charge in [-0.3, -0.25) is 9.69 Å². The summed E-state index contributed by atoms with van der Waals surface area (Å²) < 4.78 is 52.9. The van der Waals surface area contributed by atoms with E-state index in [1.807, 2.05) is 16.9 Å². The van der Waals surface area contributed by atoms with Crippen LogP contribution < -0.4 is 9.46 Å². The maximum atomic E-state index is 15.0. The van der Waals surface area contributed by atoms with E-state index in [2.05, 4.69) is 4.90 Å². The van der Waals surface area contributed by atoms with Crippen LogP contribution in [0, 0.1) is 11.7 Å². The molecule has 5 rings (SSSR count). The Hall–Kier alpha value is -1.91. The molecule has 2 aliphatic carbocycles. The molecule has 3 aliphatic rings. The van der Waals surface area contributed by atoms with Crippen LogP contribution in [0.3, 0.4) is 0 Å². The van der Waals surface area contributed by atoms with Crippen LogP contribution in [0.5, 0.6) is 5.75 Å². The van der Waals surface area contributed by atoms with Gasteiger partial charge in [0.2, 0.25) is 10.0 Å². The van der Waals surface area contributed by atoms with Crippen LogP contribution in [0.4, 0.5) is 4.39 Å². The van der Waals surface area contributed by atoms with Crippen LogP contribution in [-0.2, 0) is 14.8 Å². The first-order valence-electron chi connectivity index (χ1n) is 13.9. The summed E-state index contributed by atoms with van der Waals surface area (Å²) in [6, 6.07) is 8.50. The lowest BCUT2D eigenvalue weighted by molar-refractivity contribution is 0.0837. The highest BCUT2D eigenvalue weighted by Gasteiger charge is 2.38. The summed E-state index contributed by atoms with van der Waals surface area (Å²) >= 11 is 12.6. The van der Waals surface area contributed by atoms with Crippen molar-refractivity contribution in [2.45, 2.75) is 62.2 Å². The average Bonchev–Trinajstić information content (AvgIpc) is 3.81. The second-order valence-corrected chi connectivity index (χ2v) is 13.9. The largest absolute Gasteiger partial charge is 0.493 e. The molecule has 0 unspecified atom stereocenters. The van der Waals surface area contributed by atoms with Crippen molar-refractivity contribution < 1.29 is 27.1 Å². The minimum absolute atomic E-state index is 0.135. The van der Waals surface area contributed by atoms with E-state index < -0.39 is 27.0 Å².